The van der Waals surface area contributed by atoms with Gasteiger partial charge in [-0.1, -0.05) is 12.1 Å². The molecule has 0 spiro atoms. The van der Waals surface area contributed by atoms with Crippen molar-refractivity contribution in [2.24, 2.45) is 0 Å². The maximum Gasteiger partial charge on any atom is 0.272 e. The van der Waals surface area contributed by atoms with Crippen LogP contribution in [0.2, 0.25) is 0 Å². The van der Waals surface area contributed by atoms with Crippen molar-refractivity contribution in [2.45, 2.75) is 39.7 Å². The molecular weight excluding hydrogens is 300 g/mol. The molecule has 0 atom stereocenters. The highest BCUT2D eigenvalue weighted by Crippen LogP contribution is 2.22. The smallest absolute Gasteiger partial charge is 0.272 e. The molecule has 2 heterocycles. The van der Waals surface area contributed by atoms with Gasteiger partial charge < -0.3 is 9.64 Å². The lowest BCUT2D eigenvalue weighted by Crippen LogP contribution is -2.42. The van der Waals surface area contributed by atoms with Crippen molar-refractivity contribution in [3.05, 3.63) is 58.9 Å². The molecule has 0 radical (unpaired) electrons. The third kappa shape index (κ3) is 3.75. The van der Waals surface area contributed by atoms with Crippen LogP contribution in [-0.4, -0.2) is 35.0 Å². The number of amides is 1. The summed E-state index contributed by atoms with van der Waals surface area (Å²) in [7, 11) is 0. The number of carbonyl (C=O) groups is 1. The van der Waals surface area contributed by atoms with E-state index in [1.165, 1.54) is 11.1 Å². The highest BCUT2D eigenvalue weighted by atomic mass is 16.5. The van der Waals surface area contributed by atoms with Crippen molar-refractivity contribution in [2.75, 3.05) is 13.1 Å². The number of hydrogen-bond donors (Lipinski definition) is 0. The number of ether oxygens (including phenoxy) is 1. The first-order valence-electron chi connectivity index (χ1n) is 8.50. The highest BCUT2D eigenvalue weighted by molar-refractivity contribution is 5.92. The molecule has 4 nitrogen and oxygen atoms in total. The van der Waals surface area contributed by atoms with Crippen LogP contribution in [0.25, 0.3) is 0 Å². The molecule has 2 aromatic rings. The Morgan fingerprint density at radius 1 is 1.08 bits per heavy atom. The molecule has 126 valence electrons. The third-order valence-corrected chi connectivity index (χ3v) is 4.62. The summed E-state index contributed by atoms with van der Waals surface area (Å²) in [6.45, 7) is 7.52. The summed E-state index contributed by atoms with van der Waals surface area (Å²) in [5.74, 6) is 0.937. The molecule has 1 aliphatic heterocycles. The second kappa shape index (κ2) is 7.04. The van der Waals surface area contributed by atoms with E-state index >= 15 is 0 Å². The minimum absolute atomic E-state index is 0.0170. The van der Waals surface area contributed by atoms with Gasteiger partial charge in [-0.05, 0) is 56.2 Å². The van der Waals surface area contributed by atoms with E-state index in [2.05, 4.69) is 31.0 Å². The number of benzene rings is 1. The first kappa shape index (κ1) is 16.5. The SMILES string of the molecule is Cc1cccc(C(=O)N2CCC(Oc3ccc(C)c(C)c3)CC2)n1. The quantitative estimate of drug-likeness (QED) is 0.865. The average Bonchev–Trinajstić information content (AvgIpc) is 2.58. The number of likely N-dealkylation sites (tertiary alicyclic amines) is 1. The van der Waals surface area contributed by atoms with Crippen LogP contribution in [0.1, 0.15) is 40.2 Å². The normalized spacial score (nSPS) is 15.4. The van der Waals surface area contributed by atoms with Gasteiger partial charge in [-0.25, -0.2) is 4.98 Å². The molecule has 0 bridgehead atoms. The van der Waals surface area contributed by atoms with E-state index in [0.29, 0.717) is 18.8 Å². The van der Waals surface area contributed by atoms with Crippen LogP contribution in [0.4, 0.5) is 0 Å². The number of nitrogens with zero attached hydrogens (tertiary/aromatic N) is 2. The molecule has 1 aromatic carbocycles. The summed E-state index contributed by atoms with van der Waals surface area (Å²) in [6.07, 6.45) is 1.87. The molecule has 0 saturated carbocycles. The van der Waals surface area contributed by atoms with Crippen molar-refractivity contribution < 1.29 is 9.53 Å². The Kier molecular flexibility index (Phi) is 4.84. The van der Waals surface area contributed by atoms with E-state index in [1.807, 2.05) is 30.0 Å². The molecular formula is C20H24N2O2. The molecule has 1 aromatic heterocycles. The van der Waals surface area contributed by atoms with Crippen molar-refractivity contribution in [1.82, 2.24) is 9.88 Å². The monoisotopic (exact) mass is 324 g/mol. The Labute approximate surface area is 143 Å². The zero-order valence-corrected chi connectivity index (χ0v) is 14.6. The van der Waals surface area contributed by atoms with Crippen LogP contribution in [0.15, 0.2) is 36.4 Å². The number of aryl methyl sites for hydroxylation is 3. The largest absolute Gasteiger partial charge is 0.490 e. The van der Waals surface area contributed by atoms with E-state index in [-0.39, 0.29) is 12.0 Å². The Bertz CT molecular complexity index is 734. The predicted molar refractivity (Wildman–Crippen MR) is 94.4 cm³/mol. The van der Waals surface area contributed by atoms with Gasteiger partial charge in [0.15, 0.2) is 0 Å². The first-order chi connectivity index (χ1) is 11.5. The average molecular weight is 324 g/mol. The van der Waals surface area contributed by atoms with Crippen LogP contribution >= 0.6 is 0 Å². The fraction of sp³-hybridized carbons (Fsp3) is 0.400. The van der Waals surface area contributed by atoms with Crippen LogP contribution in [0, 0.1) is 20.8 Å². The molecule has 1 fully saturated rings. The lowest BCUT2D eigenvalue weighted by Gasteiger charge is -2.32. The van der Waals surface area contributed by atoms with Crippen LogP contribution in [0.5, 0.6) is 5.75 Å². The Morgan fingerprint density at radius 3 is 2.50 bits per heavy atom. The van der Waals surface area contributed by atoms with Crippen molar-refractivity contribution >= 4 is 5.91 Å². The second-order valence-electron chi connectivity index (χ2n) is 6.52. The molecule has 24 heavy (non-hydrogen) atoms. The van der Waals surface area contributed by atoms with E-state index in [9.17, 15) is 4.79 Å². The fourth-order valence-electron chi connectivity index (χ4n) is 2.98. The summed E-state index contributed by atoms with van der Waals surface area (Å²) in [5.41, 5.74) is 3.91. The lowest BCUT2D eigenvalue weighted by molar-refractivity contribution is 0.0590. The molecule has 0 N–H and O–H groups in total. The van der Waals surface area contributed by atoms with E-state index < -0.39 is 0 Å². The maximum atomic E-state index is 12.5. The molecule has 4 heteroatoms. The zero-order chi connectivity index (χ0) is 17.1. The summed E-state index contributed by atoms with van der Waals surface area (Å²) in [5, 5.41) is 0. The maximum absolute atomic E-state index is 12.5. The standard InChI is InChI=1S/C20H24N2O2/c1-14-7-8-18(13-15(14)2)24-17-9-11-22(12-10-17)20(23)19-6-4-5-16(3)21-19/h4-8,13,17H,9-12H2,1-3H3. The van der Waals surface area contributed by atoms with Crippen LogP contribution in [0.3, 0.4) is 0 Å². The van der Waals surface area contributed by atoms with Gasteiger partial charge in [0.2, 0.25) is 0 Å². The number of hydrogen-bond acceptors (Lipinski definition) is 3. The van der Waals surface area contributed by atoms with Crippen LogP contribution in [-0.2, 0) is 0 Å². The van der Waals surface area contributed by atoms with Gasteiger partial charge >= 0.3 is 0 Å². The van der Waals surface area contributed by atoms with Crippen molar-refractivity contribution in [3.8, 4) is 5.75 Å². The molecule has 0 unspecified atom stereocenters. The van der Waals surface area contributed by atoms with E-state index in [1.54, 1.807) is 6.07 Å². The van der Waals surface area contributed by atoms with E-state index in [0.717, 1.165) is 24.3 Å². The summed E-state index contributed by atoms with van der Waals surface area (Å²) >= 11 is 0. The van der Waals surface area contributed by atoms with E-state index in [4.69, 9.17) is 4.74 Å². The number of pyridine rings is 1. The first-order valence-corrected chi connectivity index (χ1v) is 8.50. The van der Waals surface area contributed by atoms with Gasteiger partial charge in [0.1, 0.15) is 17.5 Å². The Balaban J connectivity index is 1.57. The number of piperidine rings is 1. The van der Waals surface area contributed by atoms with Gasteiger partial charge in [0.05, 0.1) is 0 Å². The zero-order valence-electron chi connectivity index (χ0n) is 14.6. The number of carbonyl (C=O) groups excluding carboxylic acids is 1. The Morgan fingerprint density at radius 2 is 1.83 bits per heavy atom. The van der Waals surface area contributed by atoms with Crippen molar-refractivity contribution in [1.29, 1.82) is 0 Å². The molecule has 3 rings (SSSR count). The van der Waals surface area contributed by atoms with Gasteiger partial charge in [-0.2, -0.15) is 0 Å². The predicted octanol–water partition coefficient (Wildman–Crippen LogP) is 3.69. The van der Waals surface area contributed by atoms with Gasteiger partial charge in [-0.15, -0.1) is 0 Å². The summed E-state index contributed by atoms with van der Waals surface area (Å²) in [4.78, 5) is 18.7. The van der Waals surface area contributed by atoms with Gasteiger partial charge in [-0.3, -0.25) is 4.79 Å². The highest BCUT2D eigenvalue weighted by Gasteiger charge is 2.25. The lowest BCUT2D eigenvalue weighted by atomic mass is 10.1. The minimum atomic E-state index is 0.0170. The second-order valence-corrected chi connectivity index (χ2v) is 6.52. The van der Waals surface area contributed by atoms with Crippen LogP contribution < -0.4 is 4.74 Å². The molecule has 1 amide bonds. The third-order valence-electron chi connectivity index (χ3n) is 4.62. The number of aromatic nitrogens is 1. The Hall–Kier alpha value is -2.36. The topological polar surface area (TPSA) is 42.4 Å². The fourth-order valence-corrected chi connectivity index (χ4v) is 2.98. The van der Waals surface area contributed by atoms with Gasteiger partial charge in [0, 0.05) is 31.6 Å². The molecule has 1 saturated heterocycles. The summed E-state index contributed by atoms with van der Waals surface area (Å²) in [6, 6.07) is 11.8. The van der Waals surface area contributed by atoms with Gasteiger partial charge in [0.25, 0.3) is 5.91 Å². The minimum Gasteiger partial charge on any atom is -0.490 e. The van der Waals surface area contributed by atoms with Crippen molar-refractivity contribution in [3.63, 3.8) is 0 Å². The molecule has 0 aliphatic carbocycles. The summed E-state index contributed by atoms with van der Waals surface area (Å²) < 4.78 is 6.09. The molecule has 1 aliphatic rings. The number of rotatable bonds is 3.